The predicted molar refractivity (Wildman–Crippen MR) is 140 cm³/mol. The molecule has 0 aromatic carbocycles. The molecule has 2 nitrogen and oxygen atoms in total. The van der Waals surface area contributed by atoms with E-state index in [0.717, 1.165) is 34.8 Å². The SMILES string of the molecule is Cc1sc(C#Cc2cccnc2)cc1C1=C(c2cc(C#Cc3cccnc3)sc2C)C(F)(F)C(F)(F)C1(F)F. The number of allylic oxidation sites excluding steroid dienone is 2. The number of rotatable bonds is 2. The zero-order valence-electron chi connectivity index (χ0n) is 20.3. The Morgan fingerprint density at radius 1 is 0.641 bits per heavy atom. The van der Waals surface area contributed by atoms with Crippen LogP contribution < -0.4 is 0 Å². The molecule has 39 heavy (non-hydrogen) atoms. The summed E-state index contributed by atoms with van der Waals surface area (Å²) in [5.41, 5.74) is -2.48. The lowest BCUT2D eigenvalue weighted by atomic mass is 9.95. The van der Waals surface area contributed by atoms with Crippen LogP contribution in [0.4, 0.5) is 26.3 Å². The Hall–Kier alpha value is -3.86. The van der Waals surface area contributed by atoms with Crippen LogP contribution in [0, 0.1) is 37.5 Å². The summed E-state index contributed by atoms with van der Waals surface area (Å²) in [7, 11) is 0. The van der Waals surface area contributed by atoms with Crippen molar-refractivity contribution in [1.82, 2.24) is 9.97 Å². The number of aromatic nitrogens is 2. The first-order chi connectivity index (χ1) is 18.4. The van der Waals surface area contributed by atoms with Crippen LogP contribution in [0.25, 0.3) is 11.1 Å². The van der Waals surface area contributed by atoms with Crippen molar-refractivity contribution in [2.45, 2.75) is 31.6 Å². The van der Waals surface area contributed by atoms with E-state index in [1.54, 1.807) is 36.7 Å². The van der Waals surface area contributed by atoms with E-state index in [4.69, 9.17) is 0 Å². The highest BCUT2D eigenvalue weighted by atomic mass is 32.1. The smallest absolute Gasteiger partial charge is 0.263 e. The van der Waals surface area contributed by atoms with E-state index < -0.39 is 28.9 Å². The molecule has 0 radical (unpaired) electrons. The molecule has 0 aliphatic heterocycles. The van der Waals surface area contributed by atoms with Gasteiger partial charge in [0.2, 0.25) is 0 Å². The number of hydrogen-bond acceptors (Lipinski definition) is 4. The van der Waals surface area contributed by atoms with Crippen molar-refractivity contribution >= 4 is 33.8 Å². The van der Waals surface area contributed by atoms with Gasteiger partial charge < -0.3 is 0 Å². The van der Waals surface area contributed by atoms with Crippen LogP contribution in [0.2, 0.25) is 0 Å². The van der Waals surface area contributed by atoms with Crippen molar-refractivity contribution in [3.05, 3.63) is 103 Å². The van der Waals surface area contributed by atoms with Crippen LogP contribution >= 0.6 is 22.7 Å². The van der Waals surface area contributed by atoms with E-state index in [2.05, 4.69) is 33.6 Å². The van der Waals surface area contributed by atoms with Gasteiger partial charge in [0, 0.05) is 56.8 Å². The molecule has 1 aliphatic rings. The summed E-state index contributed by atoms with van der Waals surface area (Å²) in [6.07, 6.45) is 6.10. The Balaban J connectivity index is 1.67. The maximum Gasteiger partial charge on any atom is 0.380 e. The molecule has 4 aromatic heterocycles. The van der Waals surface area contributed by atoms with Gasteiger partial charge in [0.25, 0.3) is 0 Å². The van der Waals surface area contributed by atoms with Crippen LogP contribution in [0.1, 0.15) is 41.8 Å². The van der Waals surface area contributed by atoms with Gasteiger partial charge in [-0.25, -0.2) is 0 Å². The minimum absolute atomic E-state index is 0.163. The Kier molecular flexibility index (Phi) is 6.66. The molecule has 0 spiro atoms. The van der Waals surface area contributed by atoms with Gasteiger partial charge >= 0.3 is 17.8 Å². The summed E-state index contributed by atoms with van der Waals surface area (Å²) in [5, 5.41) is 0. The molecule has 0 fully saturated rings. The second-order valence-electron chi connectivity index (χ2n) is 8.62. The fourth-order valence-corrected chi connectivity index (χ4v) is 5.92. The third-order valence-corrected chi connectivity index (χ3v) is 7.96. The summed E-state index contributed by atoms with van der Waals surface area (Å²) in [6, 6.07) is 9.01. The highest BCUT2D eigenvalue weighted by molar-refractivity contribution is 7.13. The molecule has 4 heterocycles. The van der Waals surface area contributed by atoms with Gasteiger partial charge in [-0.15, -0.1) is 22.7 Å². The van der Waals surface area contributed by atoms with Crippen molar-refractivity contribution in [3.63, 3.8) is 0 Å². The summed E-state index contributed by atoms with van der Waals surface area (Å²) in [6.45, 7) is 2.83. The van der Waals surface area contributed by atoms with Crippen LogP contribution in [0.15, 0.2) is 61.2 Å². The summed E-state index contributed by atoms with van der Waals surface area (Å²) >= 11 is 1.91. The normalized spacial score (nSPS) is 16.8. The summed E-state index contributed by atoms with van der Waals surface area (Å²) < 4.78 is 90.7. The monoisotopic (exact) mass is 570 g/mol. The van der Waals surface area contributed by atoms with Crippen molar-refractivity contribution in [3.8, 4) is 23.7 Å². The molecule has 4 aromatic rings. The number of nitrogens with zero attached hydrogens (tertiary/aromatic N) is 2. The zero-order chi connectivity index (χ0) is 28.0. The molecule has 0 bridgehead atoms. The minimum atomic E-state index is -5.64. The van der Waals surface area contributed by atoms with E-state index in [9.17, 15) is 8.78 Å². The lowest BCUT2D eigenvalue weighted by Crippen LogP contribution is -2.48. The quantitative estimate of drug-likeness (QED) is 0.181. The fourth-order valence-electron chi connectivity index (χ4n) is 4.16. The van der Waals surface area contributed by atoms with Crippen LogP contribution in [0.3, 0.4) is 0 Å². The molecule has 5 rings (SSSR count). The highest BCUT2D eigenvalue weighted by Crippen LogP contribution is 2.65. The number of halogens is 6. The number of thiophene rings is 2. The van der Waals surface area contributed by atoms with Gasteiger partial charge in [-0.1, -0.05) is 23.7 Å². The molecule has 0 atom stereocenters. The molecule has 196 valence electrons. The van der Waals surface area contributed by atoms with E-state index in [1.165, 1.54) is 26.2 Å². The topological polar surface area (TPSA) is 25.8 Å². The largest absolute Gasteiger partial charge is 0.380 e. The van der Waals surface area contributed by atoms with Crippen LogP contribution in [0.5, 0.6) is 0 Å². The molecule has 0 amide bonds. The molecule has 1 aliphatic carbocycles. The average molecular weight is 571 g/mol. The maximum atomic E-state index is 15.3. The van der Waals surface area contributed by atoms with Crippen molar-refractivity contribution in [2.24, 2.45) is 0 Å². The first-order valence-corrected chi connectivity index (χ1v) is 13.0. The first kappa shape index (κ1) is 26.7. The molecule has 10 heteroatoms. The maximum absolute atomic E-state index is 15.3. The number of alkyl halides is 6. The Morgan fingerprint density at radius 2 is 1.05 bits per heavy atom. The van der Waals surface area contributed by atoms with Crippen LogP contribution in [-0.4, -0.2) is 27.7 Å². The standard InChI is InChI=1S/C29H16F6N2S2/c1-17-23(13-21(38-17)9-7-19-5-3-11-36-15-19)25-26(28(32,33)29(34,35)27(25,30)31)24-14-22(39-18(24)2)10-8-20-6-4-12-37-16-20/h3-6,11-16H,1-2H3. The van der Waals surface area contributed by atoms with Crippen molar-refractivity contribution < 1.29 is 26.3 Å². The number of pyridine rings is 2. The number of aryl methyl sites for hydroxylation is 2. The van der Waals surface area contributed by atoms with E-state index in [-0.39, 0.29) is 30.6 Å². The van der Waals surface area contributed by atoms with E-state index in [1.807, 2.05) is 0 Å². The molecule has 0 N–H and O–H groups in total. The van der Waals surface area contributed by atoms with Gasteiger partial charge in [0.05, 0.1) is 9.75 Å². The van der Waals surface area contributed by atoms with Gasteiger partial charge in [0.1, 0.15) is 0 Å². The molecule has 0 saturated heterocycles. The lowest BCUT2D eigenvalue weighted by molar-refractivity contribution is -0.254. The second-order valence-corrected chi connectivity index (χ2v) is 11.1. The van der Waals surface area contributed by atoms with Crippen molar-refractivity contribution in [1.29, 1.82) is 0 Å². The Morgan fingerprint density at radius 3 is 1.41 bits per heavy atom. The molecule has 0 saturated carbocycles. The molecular formula is C29H16F6N2S2. The highest BCUT2D eigenvalue weighted by Gasteiger charge is 2.80. The van der Waals surface area contributed by atoms with Crippen LogP contribution in [-0.2, 0) is 0 Å². The fraction of sp³-hybridized carbons (Fsp3) is 0.172. The van der Waals surface area contributed by atoms with Gasteiger partial charge in [-0.05, 0) is 61.4 Å². The lowest BCUT2D eigenvalue weighted by Gasteiger charge is -2.25. The summed E-state index contributed by atoms with van der Waals surface area (Å²) in [5.74, 6) is -4.74. The number of hydrogen-bond donors (Lipinski definition) is 0. The molecule has 0 unspecified atom stereocenters. The third-order valence-electron chi connectivity index (χ3n) is 6.02. The minimum Gasteiger partial charge on any atom is -0.263 e. The van der Waals surface area contributed by atoms with Gasteiger partial charge in [0.15, 0.2) is 0 Å². The predicted octanol–water partition coefficient (Wildman–Crippen LogP) is 7.85. The summed E-state index contributed by atoms with van der Waals surface area (Å²) in [4.78, 5) is 8.72. The van der Waals surface area contributed by atoms with E-state index >= 15 is 17.6 Å². The Bertz CT molecular complexity index is 1590. The van der Waals surface area contributed by atoms with Gasteiger partial charge in [-0.2, -0.15) is 26.3 Å². The molecular weight excluding hydrogens is 554 g/mol. The first-order valence-electron chi connectivity index (χ1n) is 11.4. The van der Waals surface area contributed by atoms with Crippen molar-refractivity contribution in [2.75, 3.05) is 0 Å². The van der Waals surface area contributed by atoms with Gasteiger partial charge in [-0.3, -0.25) is 9.97 Å². The Labute approximate surface area is 228 Å². The second kappa shape index (κ2) is 9.71. The third kappa shape index (κ3) is 4.54. The average Bonchev–Trinajstić information content (AvgIpc) is 3.48. The zero-order valence-corrected chi connectivity index (χ0v) is 21.9. The van der Waals surface area contributed by atoms with E-state index in [0.29, 0.717) is 11.1 Å².